The number of ether oxygens (including phenoxy) is 2. The van der Waals surface area contributed by atoms with Crippen LogP contribution in [0.1, 0.15) is 115 Å². The Morgan fingerprint density at radius 3 is 1.26 bits per heavy atom. The second-order valence-corrected chi connectivity index (χ2v) is 37.2. The van der Waals surface area contributed by atoms with Crippen LogP contribution < -0.4 is 29.6 Å². The summed E-state index contributed by atoms with van der Waals surface area (Å²) in [7, 11) is 0. The number of aldehydes is 1. The summed E-state index contributed by atoms with van der Waals surface area (Å²) in [6.07, 6.45) is 18.1. The number of carbonyl (C=O) groups excluding carboxylic acids is 3. The summed E-state index contributed by atoms with van der Waals surface area (Å²) in [5.74, 6) is 1.00. The number of amides is 1. The topological polar surface area (TPSA) is 260 Å². The van der Waals surface area contributed by atoms with E-state index in [0.29, 0.717) is 12.2 Å². The quantitative estimate of drug-likeness (QED) is 0.0119. The first-order valence-corrected chi connectivity index (χ1v) is 48.6. The van der Waals surface area contributed by atoms with E-state index in [-0.39, 0.29) is 65.4 Å². The van der Waals surface area contributed by atoms with E-state index < -0.39 is 20.6 Å². The molecule has 1 fully saturated rings. The van der Waals surface area contributed by atoms with Gasteiger partial charge in [0.05, 0.1) is 17.8 Å². The average molecular weight is 2320 g/mol. The van der Waals surface area contributed by atoms with E-state index >= 15 is 0 Å². The molecule has 16 nitrogen and oxygen atoms in total. The summed E-state index contributed by atoms with van der Waals surface area (Å²) >= 11 is 41.7. The molecule has 0 bridgehead atoms. The molecule has 0 saturated carbocycles. The van der Waals surface area contributed by atoms with Crippen LogP contribution in [-0.2, 0) is 24.4 Å². The molecular weight excluding hydrogens is 2210 g/mol. The molecule has 726 valence electrons. The zero-order valence-electron chi connectivity index (χ0n) is 76.5. The largest absolute Gasteiger partial charge is 1.00 e. The third-order valence-corrected chi connectivity index (χ3v) is 23.4. The Balaban J connectivity index is 0.000000788. The van der Waals surface area contributed by atoms with Crippen LogP contribution in [0.5, 0.6) is 0 Å². The number of aliphatic hydroxyl groups is 1. The van der Waals surface area contributed by atoms with Gasteiger partial charge in [0.1, 0.15) is 0 Å². The Bertz CT molecular complexity index is 7000. The molecule has 1 aromatic heterocycles. The minimum Gasteiger partial charge on any atom is -0.478 e. The van der Waals surface area contributed by atoms with Crippen LogP contribution in [0.2, 0.25) is 0 Å². The van der Waals surface area contributed by atoms with Crippen LogP contribution in [0, 0.1) is 19.3 Å². The summed E-state index contributed by atoms with van der Waals surface area (Å²) in [6.45, 7) is 14.4. The van der Waals surface area contributed by atoms with E-state index in [0.717, 1.165) is 106 Å². The Kier molecular flexibility index (Phi) is 62.6. The molecule has 0 spiro atoms. The number of hydrogen-bond acceptors (Lipinski definition) is 9. The number of aliphatic hydroxyl groups excluding tert-OH is 1. The van der Waals surface area contributed by atoms with Crippen molar-refractivity contribution in [2.24, 2.45) is 10.1 Å². The second-order valence-electron chi connectivity index (χ2n) is 29.7. The maximum Gasteiger partial charge on any atom is 1.00 e. The zero-order chi connectivity index (χ0) is 99.9. The molecule has 1 aliphatic heterocycles. The SMILES string of the molecule is BrCc1ccc2ccccc2c1Br.C.C.C.C#Cc1ccccc1.C1CCOC1.CC(C)(C)N=Cc1ccc2ccccc2c1Br.CCO.CCOC(=O)Cl.Cc1ccc2ccccc2c1Br.ClC(Cl)(Cl)Cl.O=C(O)/C=C/c1cccc2ccccc12.O=Cc1ccc2ccccc2c1Br.[2HH].[N-]=[N+]=NC(=O)/C=C/c1cccc2ccccc12.[N-]=[N+]=[N-].[Na+].c1ccc(-c2cc3c(ccc4ccccc43)cn2)cc1. The van der Waals surface area contributed by atoms with Crippen LogP contribution >= 0.6 is 138 Å². The fraction of sp³-hybridized carbons (Fsp3) is 0.158. The molecule has 0 radical (unpaired) electrons. The van der Waals surface area contributed by atoms with Crippen molar-refractivity contribution in [2.75, 3.05) is 26.4 Å². The third kappa shape index (κ3) is 45.9. The zero-order valence-corrected chi connectivity index (χ0v) is 90.2. The Morgan fingerprint density at radius 2 is 0.865 bits per heavy atom. The number of alkyl halides is 5. The van der Waals surface area contributed by atoms with Crippen LogP contribution in [-0.4, -0.2) is 80.2 Å². The molecule has 0 aliphatic carbocycles. The number of benzene rings is 16. The molecule has 1 amide bonds. The maximum atomic E-state index is 11.0. The standard InChI is InChI=1S/C19H13N.C15H16BrN.C13H9N3O.C13H10O2.C11H8Br2.C11H7BrO.C11H9Br.C8H6.C4H8O.C3H5ClO2.C2H6O.CCl4.3CH4.N3.Na.H2/c1-2-7-15(8-3-1)19-12-18-16(13-20-19)11-10-14-6-4-5-9-17(14)18;1-15(2,3)17-10-12-9-8-11-6-4-5-7-13(11)14(12)16;14-16-15-13(17)9-8-11-6-3-5-10-4-1-2-7-12(10)11;14-13(15)9-8-11-6-3-5-10-4-1-2-7-12(10)11;12-7-9-6-5-8-3-1-2-4-10(8)11(9)13;12-11-9(7-13)6-5-8-3-1-2-4-10(8)11;1-8-6-7-9-4-2-3-5-10(9)11(8)12;1-2-8-6-4-3-5-7-8;1-2-4-5-3-1;1-2-6-3(4)5;1-2-3;2-1(3,4)5;;;;1-3-2;;/h1-13H;4-10H,1-3H3;1-9H;1-9H,(H,14,15);1-6H,7H2;1-7H;2-7H,1H3;1,3-7H;1-4H2;2H2,1H3;3H,2H2,1H3;;3*1H4;;;1H/q;;;;;;;;;;;;;;;-1;+1;/b;;2*9-8+;;;;;;;;;;;;;;/i;;;;;;;;;;;;;;;;;1+1. The number of aliphatic imine (C=N–C) groups is 1. The number of aromatic nitrogens is 1. The maximum absolute atomic E-state index is 11.0. The summed E-state index contributed by atoms with van der Waals surface area (Å²) < 4.78 is 11.9. The van der Waals surface area contributed by atoms with E-state index in [1.54, 1.807) is 26.0 Å². The fourth-order valence-electron chi connectivity index (χ4n) is 12.7. The van der Waals surface area contributed by atoms with Crippen LogP contribution in [0.25, 0.3) is 136 Å². The number of carbonyl (C=O) groups is 4. The number of rotatable bonds is 9. The molecular formula is C114H111Br5Cl5N8NaO8. The monoisotopic (exact) mass is 2310 g/mol. The minimum absolute atomic E-state index is 0. The number of hydrogen-bond donors (Lipinski definition) is 2. The Labute approximate surface area is 917 Å². The molecule has 16 aromatic carbocycles. The predicted octanol–water partition coefficient (Wildman–Crippen LogP) is 34.7. The number of fused-ring (bicyclic) bond motifs is 9. The molecule has 0 atom stereocenters. The smallest absolute Gasteiger partial charge is 0.478 e. The Morgan fingerprint density at radius 1 is 0.504 bits per heavy atom. The Hall–Kier alpha value is -10.9. The molecule has 2 N–H and O–H groups in total. The first-order valence-electron chi connectivity index (χ1n) is 42.4. The van der Waals surface area contributed by atoms with Gasteiger partial charge in [-0.25, -0.2) is 9.59 Å². The van der Waals surface area contributed by atoms with Crippen molar-refractivity contribution in [3.8, 4) is 23.6 Å². The van der Waals surface area contributed by atoms with Gasteiger partial charge in [-0.3, -0.25) is 24.5 Å². The van der Waals surface area contributed by atoms with Crippen LogP contribution in [0.15, 0.2) is 380 Å². The molecule has 27 heteroatoms. The molecule has 2 heterocycles. The van der Waals surface area contributed by atoms with Crippen molar-refractivity contribution in [2.45, 2.75) is 90.8 Å². The van der Waals surface area contributed by atoms with Gasteiger partial charge < -0.3 is 30.7 Å². The van der Waals surface area contributed by atoms with Crippen molar-refractivity contribution in [1.29, 1.82) is 0 Å². The van der Waals surface area contributed by atoms with Gasteiger partial charge in [-0.05, 0) is 268 Å². The number of pyridine rings is 1. The number of nitrogens with zero attached hydrogens (tertiary/aromatic N) is 8. The van der Waals surface area contributed by atoms with Gasteiger partial charge >= 0.3 is 41.0 Å². The number of terminal acetylenes is 1. The van der Waals surface area contributed by atoms with Crippen molar-refractivity contribution >= 4 is 266 Å². The number of aliphatic carboxylic acids is 1. The van der Waals surface area contributed by atoms with Gasteiger partial charge in [-0.2, -0.15) is 0 Å². The average Bonchev–Trinajstić information content (AvgIpc) is 0.795. The van der Waals surface area contributed by atoms with E-state index in [1.165, 1.54) is 97.8 Å². The summed E-state index contributed by atoms with van der Waals surface area (Å²) in [4.78, 5) is 54.8. The minimum atomic E-state index is -1.61. The van der Waals surface area contributed by atoms with Crippen LogP contribution in [0.4, 0.5) is 4.79 Å². The third-order valence-electron chi connectivity index (χ3n) is 19.0. The van der Waals surface area contributed by atoms with E-state index in [1.807, 2.05) is 182 Å². The number of aryl methyl sites for hydroxylation is 1. The first kappa shape index (κ1) is 126. The molecule has 17 aromatic rings. The summed E-state index contributed by atoms with van der Waals surface area (Å²) in [6, 6.07) is 112. The second kappa shape index (κ2) is 69.9. The summed E-state index contributed by atoms with van der Waals surface area (Å²) in [5, 5.41) is 39.1. The normalized spacial score (nSPS) is 10.5. The summed E-state index contributed by atoms with van der Waals surface area (Å²) in [5.41, 5.74) is 30.2. The number of carboxylic acid groups (broad SMARTS) is 1. The molecule has 18 rings (SSSR count). The van der Waals surface area contributed by atoms with Gasteiger partial charge in [-0.15, -0.1) is 6.42 Å². The number of carboxylic acids is 1. The van der Waals surface area contributed by atoms with Gasteiger partial charge in [0, 0.05) is 107 Å². The van der Waals surface area contributed by atoms with Gasteiger partial charge in [-0.1, -0.05) is 406 Å². The van der Waals surface area contributed by atoms with E-state index in [9.17, 15) is 19.2 Å². The van der Waals surface area contributed by atoms with Crippen molar-refractivity contribution in [3.05, 3.63) is 435 Å². The number of azide groups is 1. The van der Waals surface area contributed by atoms with Crippen LogP contribution in [0.3, 0.4) is 0 Å². The van der Waals surface area contributed by atoms with Crippen molar-refractivity contribution in [3.63, 3.8) is 0 Å². The molecule has 1 aliphatic rings. The predicted molar refractivity (Wildman–Crippen MR) is 618 cm³/mol. The van der Waals surface area contributed by atoms with Gasteiger partial charge in [0.25, 0.3) is 3.25 Å². The molecule has 0 unspecified atom stereocenters. The fourth-order valence-corrected chi connectivity index (χ4v) is 16.0. The van der Waals surface area contributed by atoms with Crippen molar-refractivity contribution in [1.82, 2.24) is 4.98 Å². The molecule has 1 saturated heterocycles. The van der Waals surface area contributed by atoms with E-state index in [4.69, 9.17) is 96.0 Å². The number of halogens is 10. The van der Waals surface area contributed by atoms with Gasteiger partial charge in [0.15, 0.2) is 6.29 Å². The van der Waals surface area contributed by atoms with E-state index in [2.05, 4.69) is 302 Å². The van der Waals surface area contributed by atoms with Crippen molar-refractivity contribution < 1.29 is 69.8 Å². The molecule has 141 heavy (non-hydrogen) atoms. The van der Waals surface area contributed by atoms with Gasteiger partial charge in [0.2, 0.25) is 5.91 Å². The first-order chi connectivity index (χ1) is 65.9.